The lowest BCUT2D eigenvalue weighted by molar-refractivity contribution is -0.142. The number of rotatable bonds is 5. The van der Waals surface area contributed by atoms with Crippen LogP contribution in [0.25, 0.3) is 0 Å². The molecule has 0 unspecified atom stereocenters. The second-order valence-electron chi connectivity index (χ2n) is 2.80. The molecule has 0 saturated carbocycles. The van der Waals surface area contributed by atoms with Gasteiger partial charge in [0.2, 0.25) is 0 Å². The fourth-order valence-electron chi connectivity index (χ4n) is 0.860. The Bertz CT molecular complexity index is 145. The van der Waals surface area contributed by atoms with Crippen LogP contribution in [0, 0.1) is 11.8 Å². The summed E-state index contributed by atoms with van der Waals surface area (Å²) in [6.07, 6.45) is 0.967. The molecule has 61 valence electrons. The number of carboxylic acid groups (broad SMARTS) is 1. The van der Waals surface area contributed by atoms with Crippen molar-refractivity contribution >= 4 is 19.4 Å². The third-order valence-electron chi connectivity index (χ3n) is 1.61. The van der Waals surface area contributed by atoms with Crippen molar-refractivity contribution in [1.82, 2.24) is 0 Å². The maximum absolute atomic E-state index is 10.5. The molecule has 0 aliphatic heterocycles. The predicted octanol–water partition coefficient (Wildman–Crippen LogP) is 0.656. The SMILES string of the molecule is CC(C)[C@H](C[B]C=O)C(=O)O. The average molecular weight is 155 g/mol. The largest absolute Gasteiger partial charge is 0.481 e. The van der Waals surface area contributed by atoms with Gasteiger partial charge in [-0.15, -0.1) is 0 Å². The molecule has 11 heavy (non-hydrogen) atoms. The monoisotopic (exact) mass is 155 g/mol. The molecule has 4 heteroatoms. The van der Waals surface area contributed by atoms with Crippen molar-refractivity contribution in [3.63, 3.8) is 0 Å². The zero-order valence-corrected chi connectivity index (χ0v) is 6.78. The smallest absolute Gasteiger partial charge is 0.306 e. The van der Waals surface area contributed by atoms with Crippen molar-refractivity contribution in [2.45, 2.75) is 20.2 Å². The number of hydrogen-bond donors (Lipinski definition) is 1. The van der Waals surface area contributed by atoms with Crippen LogP contribution in [0.5, 0.6) is 0 Å². The summed E-state index contributed by atoms with van der Waals surface area (Å²) in [7, 11) is 1.35. The quantitative estimate of drug-likeness (QED) is 0.468. The van der Waals surface area contributed by atoms with Crippen LogP contribution in [0.3, 0.4) is 0 Å². The number of carbonyl (C=O) groups excluding carboxylic acids is 1. The second kappa shape index (κ2) is 4.94. The van der Waals surface area contributed by atoms with E-state index in [0.717, 1.165) is 0 Å². The maximum atomic E-state index is 10.5. The Morgan fingerprint density at radius 2 is 2.18 bits per heavy atom. The second-order valence-corrected chi connectivity index (χ2v) is 2.80. The summed E-state index contributed by atoms with van der Waals surface area (Å²) in [5, 5.41) is 8.63. The van der Waals surface area contributed by atoms with Gasteiger partial charge in [0.15, 0.2) is 7.28 Å². The number of hydrogen-bond acceptors (Lipinski definition) is 2. The Morgan fingerprint density at radius 3 is 2.45 bits per heavy atom. The van der Waals surface area contributed by atoms with Gasteiger partial charge in [0.1, 0.15) is 0 Å². The first-order valence-corrected chi connectivity index (χ1v) is 3.59. The molecule has 1 atom stereocenters. The van der Waals surface area contributed by atoms with Crippen molar-refractivity contribution in [3.8, 4) is 0 Å². The van der Waals surface area contributed by atoms with Gasteiger partial charge in [0.05, 0.1) is 12.1 Å². The summed E-state index contributed by atoms with van der Waals surface area (Å²) < 4.78 is 0. The van der Waals surface area contributed by atoms with E-state index in [1.807, 2.05) is 13.8 Å². The minimum atomic E-state index is -0.835. The van der Waals surface area contributed by atoms with E-state index in [9.17, 15) is 9.59 Å². The molecule has 1 N–H and O–H groups in total. The van der Waals surface area contributed by atoms with Gasteiger partial charge in [-0.1, -0.05) is 20.2 Å². The number of carbonyl (C=O) groups is 2. The zero-order chi connectivity index (χ0) is 8.85. The molecular weight excluding hydrogens is 143 g/mol. The van der Waals surface area contributed by atoms with E-state index in [1.165, 1.54) is 7.28 Å². The van der Waals surface area contributed by atoms with Crippen LogP contribution < -0.4 is 0 Å². The molecule has 0 bridgehead atoms. The third-order valence-corrected chi connectivity index (χ3v) is 1.61. The van der Waals surface area contributed by atoms with Crippen molar-refractivity contribution < 1.29 is 14.7 Å². The summed E-state index contributed by atoms with van der Waals surface area (Å²) in [4.78, 5) is 20.4. The van der Waals surface area contributed by atoms with Crippen LogP contribution >= 0.6 is 0 Å². The van der Waals surface area contributed by atoms with E-state index in [2.05, 4.69) is 0 Å². The molecule has 0 aromatic heterocycles. The average Bonchev–Trinajstić information content (AvgIpc) is 1.87. The Balaban J connectivity index is 3.89. The predicted molar refractivity (Wildman–Crippen MR) is 43.3 cm³/mol. The summed E-state index contributed by atoms with van der Waals surface area (Å²) in [6.45, 7) is 3.66. The Morgan fingerprint density at radius 1 is 1.64 bits per heavy atom. The first kappa shape index (κ1) is 10.2. The topological polar surface area (TPSA) is 54.4 Å². The molecule has 3 nitrogen and oxygen atoms in total. The van der Waals surface area contributed by atoms with Crippen molar-refractivity contribution in [1.29, 1.82) is 0 Å². The zero-order valence-electron chi connectivity index (χ0n) is 6.78. The van der Waals surface area contributed by atoms with Crippen LogP contribution in [0.4, 0.5) is 0 Å². The van der Waals surface area contributed by atoms with Gasteiger partial charge in [0, 0.05) is 0 Å². The lowest BCUT2D eigenvalue weighted by Gasteiger charge is -2.13. The van der Waals surface area contributed by atoms with E-state index < -0.39 is 11.9 Å². The van der Waals surface area contributed by atoms with Gasteiger partial charge < -0.3 is 9.90 Å². The molecule has 0 amide bonds. The summed E-state index contributed by atoms with van der Waals surface area (Å²) in [5.41, 5.74) is 0. The number of aliphatic carboxylic acids is 1. The van der Waals surface area contributed by atoms with Gasteiger partial charge in [-0.05, 0) is 5.92 Å². The molecule has 0 aliphatic carbocycles. The van der Waals surface area contributed by atoms with E-state index in [0.29, 0.717) is 12.5 Å². The summed E-state index contributed by atoms with van der Waals surface area (Å²) in [5.74, 6) is -1.19. The lowest BCUT2D eigenvalue weighted by atomic mass is 9.69. The van der Waals surface area contributed by atoms with Gasteiger partial charge >= 0.3 is 5.97 Å². The highest BCUT2D eigenvalue weighted by atomic mass is 16.4. The van der Waals surface area contributed by atoms with Crippen LogP contribution in [0.1, 0.15) is 13.8 Å². The Labute approximate surface area is 67.0 Å². The van der Waals surface area contributed by atoms with Gasteiger partial charge in [-0.25, -0.2) is 0 Å². The molecule has 1 radical (unpaired) electrons. The molecule has 0 saturated heterocycles. The molecule has 0 fully saturated rings. The molecule has 0 aromatic carbocycles. The first-order valence-electron chi connectivity index (χ1n) is 3.59. The summed E-state index contributed by atoms with van der Waals surface area (Å²) >= 11 is 0. The van der Waals surface area contributed by atoms with Crippen LogP contribution in [0.15, 0.2) is 0 Å². The standard InChI is InChI=1S/C7H12BO3/c1-5(2)6(7(10)11)3-8-4-9/h4-6H,3H2,1-2H3,(H,10,11)/t6-/m0/s1. The van der Waals surface area contributed by atoms with Gasteiger partial charge in [-0.3, -0.25) is 4.79 Å². The van der Waals surface area contributed by atoms with Crippen LogP contribution in [-0.4, -0.2) is 24.5 Å². The Hall–Kier alpha value is -0.795. The van der Waals surface area contributed by atoms with Crippen molar-refractivity contribution in [2.75, 3.05) is 0 Å². The maximum Gasteiger partial charge on any atom is 0.306 e. The normalized spacial score (nSPS) is 12.6. The van der Waals surface area contributed by atoms with Crippen LogP contribution in [-0.2, 0) is 9.59 Å². The highest BCUT2D eigenvalue weighted by Gasteiger charge is 2.20. The minimum absolute atomic E-state index is 0.0729. The van der Waals surface area contributed by atoms with E-state index in [1.54, 1.807) is 0 Å². The minimum Gasteiger partial charge on any atom is -0.481 e. The first-order chi connectivity index (χ1) is 5.09. The molecule has 0 aliphatic rings. The van der Waals surface area contributed by atoms with Crippen molar-refractivity contribution in [2.24, 2.45) is 11.8 Å². The van der Waals surface area contributed by atoms with E-state index >= 15 is 0 Å². The molecule has 0 spiro atoms. The Kier molecular flexibility index (Phi) is 4.58. The fourth-order valence-corrected chi connectivity index (χ4v) is 0.860. The number of carboxylic acids is 1. The lowest BCUT2D eigenvalue weighted by Crippen LogP contribution is -2.21. The van der Waals surface area contributed by atoms with Gasteiger partial charge in [0.25, 0.3) is 0 Å². The van der Waals surface area contributed by atoms with E-state index in [4.69, 9.17) is 5.11 Å². The summed E-state index contributed by atoms with van der Waals surface area (Å²) in [6, 6.07) is 0. The van der Waals surface area contributed by atoms with E-state index in [-0.39, 0.29) is 5.92 Å². The molecule has 0 aromatic rings. The highest BCUT2D eigenvalue weighted by Crippen LogP contribution is 2.14. The molecule has 0 heterocycles. The molecular formula is C7H12BO3. The van der Waals surface area contributed by atoms with Crippen molar-refractivity contribution in [3.05, 3.63) is 0 Å². The van der Waals surface area contributed by atoms with Gasteiger partial charge in [-0.2, -0.15) is 0 Å². The fraction of sp³-hybridized carbons (Fsp3) is 0.714. The third kappa shape index (κ3) is 3.81. The highest BCUT2D eigenvalue weighted by molar-refractivity contribution is 6.66. The molecule has 0 rings (SSSR count). The van der Waals surface area contributed by atoms with Crippen LogP contribution in [0.2, 0.25) is 6.32 Å².